The Bertz CT molecular complexity index is 747. The number of aryl methyl sites for hydroxylation is 4. The Morgan fingerprint density at radius 1 is 0.710 bits per heavy atom. The molecule has 31 heavy (non-hydrogen) atoms. The van der Waals surface area contributed by atoms with Crippen molar-refractivity contribution in [3.63, 3.8) is 0 Å². The summed E-state index contributed by atoms with van der Waals surface area (Å²) in [6.45, 7) is 13.5. The second-order valence-electron chi connectivity index (χ2n) is 8.56. The van der Waals surface area contributed by atoms with Gasteiger partial charge < -0.3 is 19.7 Å². The van der Waals surface area contributed by atoms with Crippen molar-refractivity contribution in [3.8, 4) is 11.5 Å². The van der Waals surface area contributed by atoms with Crippen LogP contribution in [0.25, 0.3) is 0 Å². The van der Waals surface area contributed by atoms with Gasteiger partial charge in [0.05, 0.1) is 13.2 Å². The molecule has 0 aromatic heterocycles. The van der Waals surface area contributed by atoms with Crippen LogP contribution in [0.4, 0.5) is 0 Å². The van der Waals surface area contributed by atoms with Crippen molar-refractivity contribution in [2.45, 2.75) is 72.6 Å². The summed E-state index contributed by atoms with van der Waals surface area (Å²) in [5.41, 5.74) is 6.97. The first-order valence-corrected chi connectivity index (χ1v) is 11.5. The van der Waals surface area contributed by atoms with E-state index in [-0.39, 0.29) is 18.6 Å². The third-order valence-electron chi connectivity index (χ3n) is 6.26. The molecule has 4 heteroatoms. The number of aliphatic hydroxyl groups excluding tert-OH is 2. The predicted molar refractivity (Wildman–Crippen MR) is 128 cm³/mol. The molecule has 0 unspecified atom stereocenters. The Morgan fingerprint density at radius 3 is 1.39 bits per heavy atom. The van der Waals surface area contributed by atoms with Crippen LogP contribution in [0.15, 0.2) is 24.3 Å². The van der Waals surface area contributed by atoms with Crippen LogP contribution >= 0.6 is 0 Å². The van der Waals surface area contributed by atoms with Crippen LogP contribution in [0.1, 0.15) is 72.9 Å². The van der Waals surface area contributed by atoms with Gasteiger partial charge in [0.2, 0.25) is 0 Å². The second kappa shape index (κ2) is 11.5. The molecule has 0 radical (unpaired) electrons. The predicted octanol–water partition coefficient (Wildman–Crippen LogP) is 5.55. The Morgan fingerprint density at radius 2 is 1.10 bits per heavy atom. The summed E-state index contributed by atoms with van der Waals surface area (Å²) in [4.78, 5) is 0. The van der Waals surface area contributed by atoms with Crippen LogP contribution < -0.4 is 9.47 Å². The first-order chi connectivity index (χ1) is 14.8. The number of hydrogen-bond donors (Lipinski definition) is 2. The summed E-state index contributed by atoms with van der Waals surface area (Å²) in [5.74, 6) is 1.75. The van der Waals surface area contributed by atoms with Crippen molar-refractivity contribution in [2.75, 3.05) is 26.4 Å². The van der Waals surface area contributed by atoms with Crippen LogP contribution in [0.5, 0.6) is 11.5 Å². The Hall–Kier alpha value is -2.04. The van der Waals surface area contributed by atoms with E-state index in [4.69, 9.17) is 19.7 Å². The van der Waals surface area contributed by atoms with Gasteiger partial charge in [0.1, 0.15) is 24.7 Å². The minimum atomic E-state index is -0.0912. The average molecular weight is 429 g/mol. The third-order valence-corrected chi connectivity index (χ3v) is 6.26. The van der Waals surface area contributed by atoms with Gasteiger partial charge in [0.25, 0.3) is 0 Å². The highest BCUT2D eigenvalue weighted by molar-refractivity contribution is 5.52. The van der Waals surface area contributed by atoms with E-state index < -0.39 is 0 Å². The number of unbranched alkanes of at least 4 members (excludes halogenated alkanes) is 1. The van der Waals surface area contributed by atoms with E-state index in [1.807, 2.05) is 0 Å². The molecule has 0 heterocycles. The topological polar surface area (TPSA) is 58.9 Å². The quantitative estimate of drug-likeness (QED) is 0.465. The van der Waals surface area contributed by atoms with Gasteiger partial charge in [0, 0.05) is 5.41 Å². The fourth-order valence-corrected chi connectivity index (χ4v) is 4.72. The molecule has 0 aliphatic heterocycles. The summed E-state index contributed by atoms with van der Waals surface area (Å²) in [6.07, 6.45) is 4.37. The maximum atomic E-state index is 9.16. The van der Waals surface area contributed by atoms with Gasteiger partial charge >= 0.3 is 0 Å². The Labute approximate surface area is 188 Å². The van der Waals surface area contributed by atoms with Crippen LogP contribution in [0, 0.1) is 27.7 Å². The molecule has 0 fully saturated rings. The second-order valence-corrected chi connectivity index (χ2v) is 8.56. The first kappa shape index (κ1) is 25.2. The highest BCUT2D eigenvalue weighted by Gasteiger charge is 2.33. The molecule has 0 atom stereocenters. The fourth-order valence-electron chi connectivity index (χ4n) is 4.72. The molecule has 2 rings (SSSR count). The lowest BCUT2D eigenvalue weighted by Crippen LogP contribution is -2.28. The highest BCUT2D eigenvalue weighted by Crippen LogP contribution is 2.44. The molecule has 0 saturated carbocycles. The van der Waals surface area contributed by atoms with Crippen LogP contribution in [-0.2, 0) is 5.41 Å². The van der Waals surface area contributed by atoms with Gasteiger partial charge in [0.15, 0.2) is 0 Å². The highest BCUT2D eigenvalue weighted by atomic mass is 16.5. The van der Waals surface area contributed by atoms with Crippen molar-refractivity contribution in [3.05, 3.63) is 57.6 Å². The van der Waals surface area contributed by atoms with Gasteiger partial charge in [-0.25, -0.2) is 0 Å². The standard InChI is InChI=1S/C27H40O4/c1-7-9-10-27(8-2,23-15-19(3)25(20(4)16-23)30-13-11-28)24-17-21(5)26(22(6)18-24)31-14-12-29/h15-18,28-29H,7-14H2,1-6H3. The number of ether oxygens (including phenoxy) is 2. The Kier molecular flexibility index (Phi) is 9.39. The molecule has 0 saturated heterocycles. The minimum Gasteiger partial charge on any atom is -0.491 e. The monoisotopic (exact) mass is 428 g/mol. The molecule has 0 aliphatic rings. The van der Waals surface area contributed by atoms with Gasteiger partial charge in [-0.3, -0.25) is 0 Å². The lowest BCUT2D eigenvalue weighted by Gasteiger charge is -2.36. The lowest BCUT2D eigenvalue weighted by molar-refractivity contribution is 0.199. The zero-order valence-electron chi connectivity index (χ0n) is 20.2. The van der Waals surface area contributed by atoms with Gasteiger partial charge in [-0.1, -0.05) is 51.0 Å². The molecular weight excluding hydrogens is 388 g/mol. The number of rotatable bonds is 12. The molecule has 172 valence electrons. The van der Waals surface area contributed by atoms with E-state index >= 15 is 0 Å². The average Bonchev–Trinajstić information content (AvgIpc) is 2.73. The minimum absolute atomic E-state index is 0.0132. The van der Waals surface area contributed by atoms with Crippen LogP contribution in [0.2, 0.25) is 0 Å². The van der Waals surface area contributed by atoms with Gasteiger partial charge in [-0.15, -0.1) is 0 Å². The largest absolute Gasteiger partial charge is 0.491 e. The molecular formula is C27H40O4. The van der Waals surface area contributed by atoms with E-state index in [9.17, 15) is 0 Å². The van der Waals surface area contributed by atoms with Crippen molar-refractivity contribution < 1.29 is 19.7 Å². The molecule has 2 N–H and O–H groups in total. The van der Waals surface area contributed by atoms with Crippen molar-refractivity contribution in [1.82, 2.24) is 0 Å². The van der Waals surface area contributed by atoms with Crippen LogP contribution in [-0.4, -0.2) is 36.6 Å². The molecule has 0 spiro atoms. The summed E-state index contributed by atoms with van der Waals surface area (Å²) >= 11 is 0. The molecule has 4 nitrogen and oxygen atoms in total. The van der Waals surface area contributed by atoms with E-state index in [1.54, 1.807) is 0 Å². The summed E-state index contributed by atoms with van der Waals surface area (Å²) in [7, 11) is 0. The van der Waals surface area contributed by atoms with Crippen LogP contribution in [0.3, 0.4) is 0 Å². The van der Waals surface area contributed by atoms with Crippen molar-refractivity contribution in [2.24, 2.45) is 0 Å². The maximum absolute atomic E-state index is 9.16. The molecule has 0 amide bonds. The number of benzene rings is 2. The summed E-state index contributed by atoms with van der Waals surface area (Å²) < 4.78 is 11.6. The fraction of sp³-hybridized carbons (Fsp3) is 0.556. The third kappa shape index (κ3) is 5.61. The number of aliphatic hydroxyl groups is 2. The zero-order valence-corrected chi connectivity index (χ0v) is 20.2. The smallest absolute Gasteiger partial charge is 0.125 e. The number of hydrogen-bond acceptors (Lipinski definition) is 4. The summed E-state index contributed by atoms with van der Waals surface area (Å²) in [6, 6.07) is 9.05. The van der Waals surface area contributed by atoms with E-state index in [0.717, 1.165) is 59.4 Å². The van der Waals surface area contributed by atoms with Gasteiger partial charge in [-0.2, -0.15) is 0 Å². The molecule has 0 bridgehead atoms. The molecule has 0 aliphatic carbocycles. The lowest BCUT2D eigenvalue weighted by atomic mass is 9.68. The first-order valence-electron chi connectivity index (χ1n) is 11.5. The SMILES string of the molecule is CCCCC(CC)(c1cc(C)c(OCCO)c(C)c1)c1cc(C)c(OCCO)c(C)c1. The van der Waals surface area contributed by atoms with E-state index in [0.29, 0.717) is 13.2 Å². The van der Waals surface area contributed by atoms with Gasteiger partial charge in [-0.05, 0) is 73.9 Å². The van der Waals surface area contributed by atoms with Crippen molar-refractivity contribution >= 4 is 0 Å². The Balaban J connectivity index is 2.63. The maximum Gasteiger partial charge on any atom is 0.125 e. The summed E-state index contributed by atoms with van der Waals surface area (Å²) in [5, 5.41) is 18.3. The van der Waals surface area contributed by atoms with E-state index in [2.05, 4.69) is 65.8 Å². The molecule has 2 aromatic rings. The normalized spacial score (nSPS) is 11.6. The molecule has 2 aromatic carbocycles. The zero-order chi connectivity index (χ0) is 23.0. The van der Waals surface area contributed by atoms with E-state index in [1.165, 1.54) is 11.1 Å². The van der Waals surface area contributed by atoms with Crippen molar-refractivity contribution in [1.29, 1.82) is 0 Å².